The summed E-state index contributed by atoms with van der Waals surface area (Å²) in [5, 5.41) is 22.4. The largest absolute Gasteiger partial charge is 0.507 e. The fourth-order valence-electron chi connectivity index (χ4n) is 2.95. The van der Waals surface area contributed by atoms with Crippen LogP contribution in [0.25, 0.3) is 10.8 Å². The summed E-state index contributed by atoms with van der Waals surface area (Å²) < 4.78 is 5.71. The minimum Gasteiger partial charge on any atom is -0.507 e. The lowest BCUT2D eigenvalue weighted by molar-refractivity contribution is -0.0415. The minimum atomic E-state index is -0.735. The number of phenolic OH excluding ortho intramolecular Hbond substituents is 1. The predicted octanol–water partition coefficient (Wildman–Crippen LogP) is 3.36. The lowest BCUT2D eigenvalue weighted by atomic mass is 9.89. The van der Waals surface area contributed by atoms with Crippen LogP contribution in [-0.2, 0) is 11.3 Å². The first-order valence-electron chi connectivity index (χ1n) is 6.69. The molecule has 0 aromatic heterocycles. The molecule has 0 spiro atoms. The number of ether oxygens (including phenoxy) is 1. The second-order valence-electron chi connectivity index (χ2n) is 5.54. The van der Waals surface area contributed by atoms with Gasteiger partial charge in [-0.25, -0.2) is 0 Å². The van der Waals surface area contributed by atoms with Crippen molar-refractivity contribution in [2.75, 3.05) is 0 Å². The lowest BCUT2D eigenvalue weighted by Crippen LogP contribution is -2.28. The fraction of sp³-hybridized carbons (Fsp3) is 0.294. The summed E-state index contributed by atoms with van der Waals surface area (Å²) >= 11 is 0. The normalized spacial score (nSPS) is 21.8. The summed E-state index contributed by atoms with van der Waals surface area (Å²) in [5.74, 6) is 0.237. The third-order valence-corrected chi connectivity index (χ3v) is 3.88. The summed E-state index contributed by atoms with van der Waals surface area (Å²) in [6, 6.07) is 7.61. The molecule has 20 heavy (non-hydrogen) atoms. The second-order valence-corrected chi connectivity index (χ2v) is 5.54. The molecule has 0 aliphatic carbocycles. The quantitative estimate of drug-likeness (QED) is 0.781. The van der Waals surface area contributed by atoms with Gasteiger partial charge >= 0.3 is 0 Å². The number of rotatable bonds is 1. The van der Waals surface area contributed by atoms with Gasteiger partial charge in [0.25, 0.3) is 0 Å². The van der Waals surface area contributed by atoms with Crippen LogP contribution in [0.1, 0.15) is 29.7 Å². The van der Waals surface area contributed by atoms with Gasteiger partial charge < -0.3 is 14.9 Å². The van der Waals surface area contributed by atoms with Crippen molar-refractivity contribution in [1.82, 2.24) is 0 Å². The van der Waals surface area contributed by atoms with Gasteiger partial charge in [-0.15, -0.1) is 0 Å². The zero-order valence-corrected chi connectivity index (χ0v) is 11.7. The summed E-state index contributed by atoms with van der Waals surface area (Å²) in [5.41, 5.74) is 3.49. The monoisotopic (exact) mass is 270 g/mol. The van der Waals surface area contributed by atoms with Crippen LogP contribution in [0.15, 0.2) is 36.4 Å². The van der Waals surface area contributed by atoms with Crippen LogP contribution in [-0.4, -0.2) is 16.3 Å². The summed E-state index contributed by atoms with van der Waals surface area (Å²) in [4.78, 5) is 0. The average molecular weight is 270 g/mol. The van der Waals surface area contributed by atoms with E-state index in [1.165, 1.54) is 0 Å². The van der Waals surface area contributed by atoms with Gasteiger partial charge in [-0.1, -0.05) is 24.8 Å². The van der Waals surface area contributed by atoms with E-state index >= 15 is 0 Å². The zero-order valence-electron chi connectivity index (χ0n) is 11.7. The molecule has 0 saturated carbocycles. The summed E-state index contributed by atoms with van der Waals surface area (Å²) in [6.45, 7) is 8.03. The molecule has 2 aromatic rings. The van der Waals surface area contributed by atoms with E-state index in [1.54, 1.807) is 6.07 Å². The maximum absolute atomic E-state index is 10.4. The van der Waals surface area contributed by atoms with Crippen molar-refractivity contribution in [2.45, 2.75) is 32.7 Å². The Balaban J connectivity index is 2.23. The molecule has 3 heteroatoms. The van der Waals surface area contributed by atoms with E-state index < -0.39 is 6.10 Å². The lowest BCUT2D eigenvalue weighted by Gasteiger charge is -2.31. The minimum absolute atomic E-state index is 0.237. The molecular weight excluding hydrogens is 252 g/mol. The van der Waals surface area contributed by atoms with E-state index in [2.05, 4.69) is 6.58 Å². The van der Waals surface area contributed by atoms with Crippen molar-refractivity contribution in [1.29, 1.82) is 0 Å². The standard InChI is InChI=1S/C17H18O3/c1-9(2)17-16(19)12-5-4-11-6-10(3)7-14(18)15(11)13(12)8-20-17/h4-7,16-19H,1,8H2,2-3H3. The first kappa shape index (κ1) is 13.2. The molecule has 0 radical (unpaired) electrons. The van der Waals surface area contributed by atoms with Gasteiger partial charge in [0.15, 0.2) is 0 Å². The van der Waals surface area contributed by atoms with Crippen molar-refractivity contribution < 1.29 is 14.9 Å². The van der Waals surface area contributed by atoms with Crippen LogP contribution in [0.5, 0.6) is 5.75 Å². The Morgan fingerprint density at radius 2 is 2.10 bits per heavy atom. The van der Waals surface area contributed by atoms with E-state index in [9.17, 15) is 10.2 Å². The molecule has 3 rings (SSSR count). The third-order valence-electron chi connectivity index (χ3n) is 3.88. The Morgan fingerprint density at radius 1 is 1.35 bits per heavy atom. The number of benzene rings is 2. The van der Waals surface area contributed by atoms with Gasteiger partial charge in [-0.2, -0.15) is 0 Å². The van der Waals surface area contributed by atoms with Gasteiger partial charge in [0, 0.05) is 5.39 Å². The highest BCUT2D eigenvalue weighted by atomic mass is 16.5. The molecule has 1 aliphatic heterocycles. The number of phenols is 1. The number of aryl methyl sites for hydroxylation is 1. The maximum Gasteiger partial charge on any atom is 0.124 e. The van der Waals surface area contributed by atoms with E-state index in [1.807, 2.05) is 32.0 Å². The number of aliphatic hydroxyl groups excluding tert-OH is 1. The van der Waals surface area contributed by atoms with Crippen LogP contribution in [0.2, 0.25) is 0 Å². The van der Waals surface area contributed by atoms with Gasteiger partial charge in [-0.3, -0.25) is 0 Å². The molecule has 2 unspecified atom stereocenters. The molecular formula is C17H18O3. The third kappa shape index (κ3) is 1.90. The Bertz CT molecular complexity index is 703. The molecule has 2 aromatic carbocycles. The number of hydrogen-bond donors (Lipinski definition) is 2. The molecule has 0 saturated heterocycles. The highest BCUT2D eigenvalue weighted by molar-refractivity contribution is 5.92. The second kappa shape index (κ2) is 4.62. The van der Waals surface area contributed by atoms with Crippen molar-refractivity contribution in [3.8, 4) is 5.75 Å². The van der Waals surface area contributed by atoms with Crippen molar-refractivity contribution in [2.24, 2.45) is 0 Å². The van der Waals surface area contributed by atoms with Crippen LogP contribution < -0.4 is 0 Å². The van der Waals surface area contributed by atoms with Crippen LogP contribution in [0.3, 0.4) is 0 Å². The number of aliphatic hydroxyl groups is 1. The van der Waals surface area contributed by atoms with Crippen LogP contribution in [0, 0.1) is 6.92 Å². The SMILES string of the molecule is C=C(C)C1OCc2c(ccc3cc(C)cc(O)c23)C1O. The number of hydrogen-bond acceptors (Lipinski definition) is 3. The van der Waals surface area contributed by atoms with Crippen molar-refractivity contribution in [3.63, 3.8) is 0 Å². The van der Waals surface area contributed by atoms with Gasteiger partial charge in [0.05, 0.1) is 6.61 Å². The topological polar surface area (TPSA) is 49.7 Å². The van der Waals surface area contributed by atoms with Crippen molar-refractivity contribution >= 4 is 10.8 Å². The molecule has 1 aliphatic rings. The van der Waals surface area contributed by atoms with E-state index in [4.69, 9.17) is 4.74 Å². The summed E-state index contributed by atoms with van der Waals surface area (Å²) in [7, 11) is 0. The molecule has 0 amide bonds. The smallest absolute Gasteiger partial charge is 0.124 e. The first-order chi connectivity index (χ1) is 9.49. The summed E-state index contributed by atoms with van der Waals surface area (Å²) in [6.07, 6.45) is -1.12. The Morgan fingerprint density at radius 3 is 2.80 bits per heavy atom. The molecule has 3 nitrogen and oxygen atoms in total. The molecule has 0 bridgehead atoms. The highest BCUT2D eigenvalue weighted by Crippen LogP contribution is 2.39. The predicted molar refractivity (Wildman–Crippen MR) is 78.7 cm³/mol. The highest BCUT2D eigenvalue weighted by Gasteiger charge is 2.30. The van der Waals surface area contributed by atoms with Gasteiger partial charge in [0.2, 0.25) is 0 Å². The van der Waals surface area contributed by atoms with E-state index in [0.29, 0.717) is 6.61 Å². The first-order valence-corrected chi connectivity index (χ1v) is 6.69. The number of aromatic hydroxyl groups is 1. The molecule has 104 valence electrons. The van der Waals surface area contributed by atoms with E-state index in [-0.39, 0.29) is 11.9 Å². The van der Waals surface area contributed by atoms with Gasteiger partial charge in [-0.05, 0) is 47.6 Å². The molecule has 2 atom stereocenters. The number of fused-ring (bicyclic) bond motifs is 3. The van der Waals surface area contributed by atoms with Crippen molar-refractivity contribution in [3.05, 3.63) is 53.1 Å². The molecule has 1 heterocycles. The van der Waals surface area contributed by atoms with Gasteiger partial charge in [0.1, 0.15) is 18.0 Å². The fourth-order valence-corrected chi connectivity index (χ4v) is 2.95. The Labute approximate surface area is 118 Å². The zero-order chi connectivity index (χ0) is 14.4. The molecule has 0 fully saturated rings. The van der Waals surface area contributed by atoms with E-state index in [0.717, 1.165) is 33.0 Å². The average Bonchev–Trinajstić information content (AvgIpc) is 2.37. The van der Waals surface area contributed by atoms with Crippen LogP contribution >= 0.6 is 0 Å². The Kier molecular flexibility index (Phi) is 3.04. The Hall–Kier alpha value is -1.84. The van der Waals surface area contributed by atoms with Crippen LogP contribution in [0.4, 0.5) is 0 Å². The maximum atomic E-state index is 10.4. The molecule has 2 N–H and O–H groups in total.